The highest BCUT2D eigenvalue weighted by Crippen LogP contribution is 2.33. The number of hydrogen-bond donors (Lipinski definition) is 1. The van der Waals surface area contributed by atoms with E-state index >= 15 is 0 Å². The normalized spacial score (nSPS) is 10.4. The number of rotatable bonds is 8. The Morgan fingerprint density at radius 3 is 2.88 bits per heavy atom. The van der Waals surface area contributed by atoms with Crippen LogP contribution in [0.5, 0.6) is 0 Å². The predicted molar refractivity (Wildman–Crippen MR) is 100 cm³/mol. The summed E-state index contributed by atoms with van der Waals surface area (Å²) >= 11 is 1.70. The van der Waals surface area contributed by atoms with E-state index in [4.69, 9.17) is 9.72 Å². The molecule has 0 aliphatic heterocycles. The predicted octanol–water partition coefficient (Wildman–Crippen LogP) is 3.93. The molecule has 0 amide bonds. The van der Waals surface area contributed by atoms with Crippen molar-refractivity contribution in [3.05, 3.63) is 54.6 Å². The summed E-state index contributed by atoms with van der Waals surface area (Å²) in [5, 5.41) is 3.23. The maximum atomic E-state index is 5.11. The molecule has 6 nitrogen and oxygen atoms in total. The highest BCUT2D eigenvalue weighted by Gasteiger charge is 2.14. The van der Waals surface area contributed by atoms with Gasteiger partial charge in [0.25, 0.3) is 0 Å². The lowest BCUT2D eigenvalue weighted by molar-refractivity contribution is 0.249. The zero-order valence-corrected chi connectivity index (χ0v) is 14.8. The van der Waals surface area contributed by atoms with Gasteiger partial charge in [0.05, 0.1) is 35.3 Å². The number of hydrogen-bond acceptors (Lipinski definition) is 7. The molecule has 0 aliphatic carbocycles. The molecule has 0 aromatic carbocycles. The van der Waals surface area contributed by atoms with Crippen LogP contribution in [0, 0.1) is 6.92 Å². The largest absolute Gasteiger partial charge is 0.502 e. The number of nitrogens with zero attached hydrogens (tertiary/aromatic N) is 4. The molecule has 3 rings (SSSR count). The van der Waals surface area contributed by atoms with E-state index in [2.05, 4.69) is 45.9 Å². The summed E-state index contributed by atoms with van der Waals surface area (Å²) in [7, 11) is 0. The van der Waals surface area contributed by atoms with E-state index in [0.717, 1.165) is 34.8 Å². The lowest BCUT2D eigenvalue weighted by atomic mass is 10.1. The second-order valence-corrected chi connectivity index (χ2v) is 6.56. The first-order valence-corrected chi connectivity index (χ1v) is 8.76. The molecular formula is C18H19N5OS. The molecule has 128 valence electrons. The molecular weight excluding hydrogens is 334 g/mol. The lowest BCUT2D eigenvalue weighted by Gasteiger charge is -2.10. The molecule has 0 spiro atoms. The smallest absolute Gasteiger partial charge is 0.223 e. The third-order valence-electron chi connectivity index (χ3n) is 3.44. The number of ether oxygens (including phenoxy) is 1. The van der Waals surface area contributed by atoms with Gasteiger partial charge in [0.1, 0.15) is 0 Å². The summed E-state index contributed by atoms with van der Waals surface area (Å²) in [5.41, 5.74) is 2.49. The van der Waals surface area contributed by atoms with Crippen molar-refractivity contribution in [1.82, 2.24) is 19.9 Å². The highest BCUT2D eigenvalue weighted by molar-refractivity contribution is 7.15. The van der Waals surface area contributed by atoms with Gasteiger partial charge in [-0.25, -0.2) is 9.97 Å². The van der Waals surface area contributed by atoms with Crippen LogP contribution in [0.3, 0.4) is 0 Å². The minimum atomic E-state index is 0.590. The van der Waals surface area contributed by atoms with Crippen LogP contribution >= 0.6 is 11.3 Å². The molecule has 3 heterocycles. The molecule has 0 saturated carbocycles. The maximum Gasteiger partial charge on any atom is 0.223 e. The number of aromatic nitrogens is 4. The van der Waals surface area contributed by atoms with E-state index in [9.17, 15) is 0 Å². The second-order valence-electron chi connectivity index (χ2n) is 5.27. The topological polar surface area (TPSA) is 72.8 Å². The van der Waals surface area contributed by atoms with Gasteiger partial charge < -0.3 is 10.1 Å². The van der Waals surface area contributed by atoms with Crippen LogP contribution in [0.15, 0.2) is 49.8 Å². The molecule has 0 saturated heterocycles. The van der Waals surface area contributed by atoms with Crippen molar-refractivity contribution in [2.75, 3.05) is 18.5 Å². The Morgan fingerprint density at radius 2 is 2.16 bits per heavy atom. The first kappa shape index (κ1) is 17.0. The Hall–Kier alpha value is -2.80. The van der Waals surface area contributed by atoms with Gasteiger partial charge in [-0.2, -0.15) is 0 Å². The van der Waals surface area contributed by atoms with E-state index in [-0.39, 0.29) is 0 Å². The molecule has 0 radical (unpaired) electrons. The summed E-state index contributed by atoms with van der Waals surface area (Å²) < 4.78 is 5.11. The van der Waals surface area contributed by atoms with Gasteiger partial charge in [0.15, 0.2) is 0 Å². The minimum Gasteiger partial charge on any atom is -0.502 e. The van der Waals surface area contributed by atoms with Gasteiger partial charge in [-0.15, -0.1) is 11.3 Å². The number of aryl methyl sites for hydroxylation is 1. The van der Waals surface area contributed by atoms with Gasteiger partial charge in [0, 0.05) is 35.6 Å². The monoisotopic (exact) mass is 353 g/mol. The van der Waals surface area contributed by atoms with Crippen LogP contribution in [0.1, 0.15) is 11.3 Å². The fourth-order valence-corrected chi connectivity index (χ4v) is 3.15. The van der Waals surface area contributed by atoms with Crippen LogP contribution in [0.2, 0.25) is 0 Å². The van der Waals surface area contributed by atoms with Crippen LogP contribution in [-0.4, -0.2) is 33.1 Å². The van der Waals surface area contributed by atoms with E-state index in [1.165, 1.54) is 11.1 Å². The Kier molecular flexibility index (Phi) is 5.69. The Labute approximate surface area is 150 Å². The first-order chi connectivity index (χ1) is 12.3. The molecule has 3 aromatic rings. The van der Waals surface area contributed by atoms with Crippen molar-refractivity contribution < 1.29 is 4.74 Å². The van der Waals surface area contributed by atoms with Crippen molar-refractivity contribution in [2.45, 2.75) is 13.3 Å². The standard InChI is InChI=1S/C18H19N5OS/c1-3-24-10-4-7-21-18-22-11-14(15-12-19-8-9-20-15)17(23-18)16-6-5-13(2)25-16/h3,5-6,8-9,11-12H,1,4,7,10H2,2H3,(H,21,22,23). The summed E-state index contributed by atoms with van der Waals surface area (Å²) in [5.74, 6) is 0.590. The second kappa shape index (κ2) is 8.34. The molecule has 1 N–H and O–H groups in total. The molecule has 25 heavy (non-hydrogen) atoms. The van der Waals surface area contributed by atoms with Gasteiger partial charge in [0.2, 0.25) is 5.95 Å². The average molecular weight is 353 g/mol. The zero-order chi connectivity index (χ0) is 17.5. The number of anilines is 1. The summed E-state index contributed by atoms with van der Waals surface area (Å²) in [6.45, 7) is 6.94. The SMILES string of the molecule is C=COCCCNc1ncc(-c2cnccn2)c(-c2ccc(C)s2)n1. The summed E-state index contributed by atoms with van der Waals surface area (Å²) in [4.78, 5) is 20.0. The molecule has 0 aliphatic rings. The number of nitrogens with one attached hydrogen (secondary N) is 1. The summed E-state index contributed by atoms with van der Waals surface area (Å²) in [6, 6.07) is 4.16. The summed E-state index contributed by atoms with van der Waals surface area (Å²) in [6.07, 6.45) is 9.13. The van der Waals surface area contributed by atoms with Crippen molar-refractivity contribution >= 4 is 17.3 Å². The van der Waals surface area contributed by atoms with Gasteiger partial charge in [-0.3, -0.25) is 9.97 Å². The first-order valence-electron chi connectivity index (χ1n) is 7.94. The van der Waals surface area contributed by atoms with Crippen LogP contribution in [-0.2, 0) is 4.74 Å². The fraction of sp³-hybridized carbons (Fsp3) is 0.222. The molecule has 0 bridgehead atoms. The molecule has 0 unspecified atom stereocenters. The molecule has 7 heteroatoms. The van der Waals surface area contributed by atoms with E-state index in [1.54, 1.807) is 36.1 Å². The third-order valence-corrected chi connectivity index (χ3v) is 4.45. The van der Waals surface area contributed by atoms with Gasteiger partial charge >= 0.3 is 0 Å². The van der Waals surface area contributed by atoms with Gasteiger partial charge in [-0.05, 0) is 25.5 Å². The zero-order valence-electron chi connectivity index (χ0n) is 14.0. The van der Waals surface area contributed by atoms with Crippen LogP contribution in [0.25, 0.3) is 21.8 Å². The van der Waals surface area contributed by atoms with E-state index < -0.39 is 0 Å². The maximum absolute atomic E-state index is 5.11. The quantitative estimate of drug-likeness (QED) is 0.488. The van der Waals surface area contributed by atoms with Crippen molar-refractivity contribution in [2.24, 2.45) is 0 Å². The van der Waals surface area contributed by atoms with E-state index in [1.807, 2.05) is 0 Å². The Morgan fingerprint density at radius 1 is 1.24 bits per heavy atom. The van der Waals surface area contributed by atoms with Gasteiger partial charge in [-0.1, -0.05) is 6.58 Å². The third kappa shape index (κ3) is 4.39. The van der Waals surface area contributed by atoms with Crippen molar-refractivity contribution in [3.8, 4) is 21.8 Å². The number of thiophene rings is 1. The highest BCUT2D eigenvalue weighted by atomic mass is 32.1. The van der Waals surface area contributed by atoms with Crippen molar-refractivity contribution in [1.29, 1.82) is 0 Å². The van der Waals surface area contributed by atoms with Crippen LogP contribution < -0.4 is 5.32 Å². The fourth-order valence-electron chi connectivity index (χ4n) is 2.28. The van der Waals surface area contributed by atoms with E-state index in [0.29, 0.717) is 12.6 Å². The molecule has 3 aromatic heterocycles. The Bertz CT molecular complexity index is 834. The minimum absolute atomic E-state index is 0.590. The van der Waals surface area contributed by atoms with Crippen molar-refractivity contribution in [3.63, 3.8) is 0 Å². The molecule has 0 atom stereocenters. The molecule has 0 fully saturated rings. The lowest BCUT2D eigenvalue weighted by Crippen LogP contribution is -2.08. The van der Waals surface area contributed by atoms with Crippen LogP contribution in [0.4, 0.5) is 5.95 Å². The Balaban J connectivity index is 1.87. The average Bonchev–Trinajstić information content (AvgIpc) is 3.08.